The van der Waals surface area contributed by atoms with Crippen LogP contribution in [0.15, 0.2) is 30.3 Å². The van der Waals surface area contributed by atoms with Gasteiger partial charge in [0.25, 0.3) is 0 Å². The van der Waals surface area contributed by atoms with Gasteiger partial charge in [0.1, 0.15) is 0 Å². The van der Waals surface area contributed by atoms with Gasteiger partial charge < -0.3 is 10.4 Å². The first kappa shape index (κ1) is 13.6. The molecule has 5 heteroatoms. The molecular weight excluding hydrogens is 238 g/mol. The monoisotopic (exact) mass is 253 g/mol. The Kier molecular flexibility index (Phi) is 6.17. The third-order valence-electron chi connectivity index (χ3n) is 2.16. The van der Waals surface area contributed by atoms with E-state index in [9.17, 15) is 9.59 Å². The lowest BCUT2D eigenvalue weighted by atomic mass is 10.2. The van der Waals surface area contributed by atoms with E-state index in [2.05, 4.69) is 5.32 Å². The molecule has 1 aromatic carbocycles. The molecule has 0 fully saturated rings. The van der Waals surface area contributed by atoms with E-state index < -0.39 is 5.97 Å². The van der Waals surface area contributed by atoms with Crippen LogP contribution in [0.5, 0.6) is 0 Å². The molecule has 1 amide bonds. The predicted octanol–water partition coefficient (Wildman–Crippen LogP) is 1.51. The Labute approximate surface area is 104 Å². The number of rotatable bonds is 8. The van der Waals surface area contributed by atoms with Gasteiger partial charge in [0.05, 0.1) is 6.42 Å². The van der Waals surface area contributed by atoms with Gasteiger partial charge in [0.2, 0.25) is 6.41 Å². The number of benzene rings is 1. The Morgan fingerprint density at radius 1 is 1.41 bits per heavy atom. The highest BCUT2D eigenvalue weighted by Gasteiger charge is 2.11. The summed E-state index contributed by atoms with van der Waals surface area (Å²) < 4.78 is 0. The molecule has 0 radical (unpaired) electrons. The van der Waals surface area contributed by atoms with Crippen molar-refractivity contribution in [3.63, 3.8) is 0 Å². The summed E-state index contributed by atoms with van der Waals surface area (Å²) in [6.07, 6.45) is 0.511. The van der Waals surface area contributed by atoms with E-state index in [0.717, 1.165) is 5.75 Å². The minimum atomic E-state index is -0.898. The summed E-state index contributed by atoms with van der Waals surface area (Å²) in [5.74, 6) is 0.516. The van der Waals surface area contributed by atoms with Crippen molar-refractivity contribution in [3.8, 4) is 0 Å². The lowest BCUT2D eigenvalue weighted by molar-refractivity contribution is -0.137. The number of aliphatic carboxylic acids is 1. The SMILES string of the molecule is O=CN[C@H](CSCc1ccccc1)CC(=O)O. The maximum atomic E-state index is 10.6. The number of carbonyl (C=O) groups excluding carboxylic acids is 1. The molecule has 1 atom stereocenters. The van der Waals surface area contributed by atoms with Crippen LogP contribution in [-0.2, 0) is 15.3 Å². The summed E-state index contributed by atoms with van der Waals surface area (Å²) in [4.78, 5) is 20.9. The normalized spacial score (nSPS) is 11.8. The zero-order chi connectivity index (χ0) is 12.5. The highest BCUT2D eigenvalue weighted by Crippen LogP contribution is 2.13. The third kappa shape index (κ3) is 5.97. The zero-order valence-corrected chi connectivity index (χ0v) is 10.2. The molecule has 0 aromatic heterocycles. The van der Waals surface area contributed by atoms with Crippen molar-refractivity contribution in [2.75, 3.05) is 5.75 Å². The summed E-state index contributed by atoms with van der Waals surface area (Å²) >= 11 is 1.61. The molecule has 0 aliphatic rings. The Morgan fingerprint density at radius 2 is 2.12 bits per heavy atom. The Balaban J connectivity index is 2.31. The van der Waals surface area contributed by atoms with E-state index in [0.29, 0.717) is 12.2 Å². The predicted molar refractivity (Wildman–Crippen MR) is 67.8 cm³/mol. The Hall–Kier alpha value is -1.49. The first-order chi connectivity index (χ1) is 8.22. The minimum absolute atomic E-state index is 0.0411. The van der Waals surface area contributed by atoms with Crippen LogP contribution in [0.1, 0.15) is 12.0 Å². The van der Waals surface area contributed by atoms with Crippen LogP contribution >= 0.6 is 11.8 Å². The van der Waals surface area contributed by atoms with E-state index in [1.54, 1.807) is 11.8 Å². The molecule has 1 aromatic rings. The number of carboxylic acids is 1. The van der Waals surface area contributed by atoms with Crippen molar-refractivity contribution >= 4 is 24.1 Å². The molecule has 0 unspecified atom stereocenters. The number of hydrogen-bond acceptors (Lipinski definition) is 3. The molecular formula is C12H15NO3S. The fourth-order valence-electron chi connectivity index (χ4n) is 1.37. The molecule has 0 spiro atoms. The zero-order valence-electron chi connectivity index (χ0n) is 9.33. The van der Waals surface area contributed by atoms with E-state index in [4.69, 9.17) is 5.11 Å². The average Bonchev–Trinajstić information content (AvgIpc) is 2.30. The fourth-order valence-corrected chi connectivity index (χ4v) is 2.41. The first-order valence-electron chi connectivity index (χ1n) is 5.25. The van der Waals surface area contributed by atoms with Crippen LogP contribution in [0.25, 0.3) is 0 Å². The van der Waals surface area contributed by atoms with Crippen LogP contribution in [0.3, 0.4) is 0 Å². The molecule has 0 saturated carbocycles. The molecule has 0 aliphatic heterocycles. The number of thioether (sulfide) groups is 1. The van der Waals surface area contributed by atoms with Crippen LogP contribution < -0.4 is 5.32 Å². The second-order valence-electron chi connectivity index (χ2n) is 3.58. The van der Waals surface area contributed by atoms with Crippen molar-refractivity contribution in [1.29, 1.82) is 0 Å². The largest absolute Gasteiger partial charge is 0.481 e. The Bertz CT molecular complexity index is 356. The minimum Gasteiger partial charge on any atom is -0.481 e. The van der Waals surface area contributed by atoms with Gasteiger partial charge in [-0.3, -0.25) is 9.59 Å². The fraction of sp³-hybridized carbons (Fsp3) is 0.333. The molecule has 92 valence electrons. The molecule has 1 rings (SSSR count). The summed E-state index contributed by atoms with van der Waals surface area (Å²) in [6, 6.07) is 9.62. The molecule has 17 heavy (non-hydrogen) atoms. The third-order valence-corrected chi connectivity index (χ3v) is 3.33. The van der Waals surface area contributed by atoms with Gasteiger partial charge in [-0.05, 0) is 5.56 Å². The molecule has 0 heterocycles. The molecule has 0 aliphatic carbocycles. The maximum Gasteiger partial charge on any atom is 0.305 e. The van der Waals surface area contributed by atoms with Gasteiger partial charge >= 0.3 is 5.97 Å². The second-order valence-corrected chi connectivity index (χ2v) is 4.61. The van der Waals surface area contributed by atoms with Crippen LogP contribution in [0, 0.1) is 0 Å². The lowest BCUT2D eigenvalue weighted by Crippen LogP contribution is -2.32. The number of hydrogen-bond donors (Lipinski definition) is 2. The average molecular weight is 253 g/mol. The van der Waals surface area contributed by atoms with Gasteiger partial charge in [-0.15, -0.1) is 0 Å². The van der Waals surface area contributed by atoms with E-state index in [1.807, 2.05) is 30.3 Å². The standard InChI is InChI=1S/C12H15NO3S/c14-9-13-11(6-12(15)16)8-17-7-10-4-2-1-3-5-10/h1-5,9,11H,6-8H2,(H,13,14)(H,15,16)/t11-/m0/s1. The van der Waals surface area contributed by atoms with Gasteiger partial charge in [0, 0.05) is 17.5 Å². The number of carbonyl (C=O) groups is 2. The topological polar surface area (TPSA) is 66.4 Å². The van der Waals surface area contributed by atoms with Gasteiger partial charge in [0.15, 0.2) is 0 Å². The van der Waals surface area contributed by atoms with Gasteiger partial charge in [-0.2, -0.15) is 11.8 Å². The van der Waals surface area contributed by atoms with Crippen molar-refractivity contribution < 1.29 is 14.7 Å². The van der Waals surface area contributed by atoms with E-state index in [-0.39, 0.29) is 12.5 Å². The molecule has 0 saturated heterocycles. The van der Waals surface area contributed by atoms with Crippen molar-refractivity contribution in [2.45, 2.75) is 18.2 Å². The number of carboxylic acid groups (broad SMARTS) is 1. The maximum absolute atomic E-state index is 10.6. The summed E-state index contributed by atoms with van der Waals surface area (Å²) in [7, 11) is 0. The van der Waals surface area contributed by atoms with Gasteiger partial charge in [-0.1, -0.05) is 30.3 Å². The summed E-state index contributed by atoms with van der Waals surface area (Å²) in [5.41, 5.74) is 1.19. The number of nitrogens with one attached hydrogen (secondary N) is 1. The van der Waals surface area contributed by atoms with Crippen LogP contribution in [-0.4, -0.2) is 29.3 Å². The van der Waals surface area contributed by atoms with Gasteiger partial charge in [-0.25, -0.2) is 0 Å². The highest BCUT2D eigenvalue weighted by atomic mass is 32.2. The van der Waals surface area contributed by atoms with Crippen molar-refractivity contribution in [3.05, 3.63) is 35.9 Å². The van der Waals surface area contributed by atoms with Crippen LogP contribution in [0.2, 0.25) is 0 Å². The highest BCUT2D eigenvalue weighted by molar-refractivity contribution is 7.98. The lowest BCUT2D eigenvalue weighted by Gasteiger charge is -2.13. The smallest absolute Gasteiger partial charge is 0.305 e. The summed E-state index contributed by atoms with van der Waals surface area (Å²) in [5, 5.41) is 11.2. The number of amides is 1. The molecule has 0 bridgehead atoms. The first-order valence-corrected chi connectivity index (χ1v) is 6.41. The molecule has 2 N–H and O–H groups in total. The van der Waals surface area contributed by atoms with E-state index >= 15 is 0 Å². The molecule has 4 nitrogen and oxygen atoms in total. The van der Waals surface area contributed by atoms with Crippen LogP contribution in [0.4, 0.5) is 0 Å². The quantitative estimate of drug-likeness (QED) is 0.689. The Morgan fingerprint density at radius 3 is 2.71 bits per heavy atom. The van der Waals surface area contributed by atoms with Crippen molar-refractivity contribution in [2.24, 2.45) is 0 Å². The van der Waals surface area contributed by atoms with Crippen molar-refractivity contribution in [1.82, 2.24) is 5.32 Å². The summed E-state index contributed by atoms with van der Waals surface area (Å²) in [6.45, 7) is 0. The van der Waals surface area contributed by atoms with E-state index in [1.165, 1.54) is 5.56 Å². The second kappa shape index (κ2) is 7.73.